The number of rotatable bonds is 0. The lowest BCUT2D eigenvalue weighted by Gasteiger charge is -1.98. The maximum atomic E-state index is 5.72. The highest BCUT2D eigenvalue weighted by atomic mass is 35.5. The molecule has 74 valence electrons. The van der Waals surface area contributed by atoms with Crippen LogP contribution in [0.1, 0.15) is 19.4 Å². The lowest BCUT2D eigenvalue weighted by molar-refractivity contribution is 1.27. The van der Waals surface area contributed by atoms with Crippen molar-refractivity contribution in [3.63, 3.8) is 0 Å². The van der Waals surface area contributed by atoms with Crippen LogP contribution in [-0.4, -0.2) is 9.97 Å². The summed E-state index contributed by atoms with van der Waals surface area (Å²) in [6.07, 6.45) is 1.56. The Morgan fingerprint density at radius 3 is 2.64 bits per heavy atom. The Balaban J connectivity index is 0.000000461. The minimum atomic E-state index is 0.441. The van der Waals surface area contributed by atoms with Crippen molar-refractivity contribution >= 4 is 22.6 Å². The van der Waals surface area contributed by atoms with Gasteiger partial charge in [-0.3, -0.25) is 4.98 Å². The third kappa shape index (κ3) is 2.20. The number of para-hydroxylation sites is 1. The molecule has 0 saturated carbocycles. The van der Waals surface area contributed by atoms with Crippen molar-refractivity contribution in [2.45, 2.75) is 20.8 Å². The number of nitrogens with zero attached hydrogens (tertiary/aromatic N) is 2. The summed E-state index contributed by atoms with van der Waals surface area (Å²) in [4.78, 5) is 8.33. The largest absolute Gasteiger partial charge is 0.251 e. The molecule has 0 atom stereocenters. The molecule has 2 rings (SSSR count). The van der Waals surface area contributed by atoms with Gasteiger partial charge in [-0.1, -0.05) is 37.6 Å². The molecule has 0 saturated heterocycles. The minimum Gasteiger partial charge on any atom is -0.251 e. The fourth-order valence-electron chi connectivity index (χ4n) is 1.15. The van der Waals surface area contributed by atoms with Crippen molar-refractivity contribution in [1.82, 2.24) is 9.97 Å². The van der Waals surface area contributed by atoms with Gasteiger partial charge < -0.3 is 0 Å². The van der Waals surface area contributed by atoms with Gasteiger partial charge in [-0.25, -0.2) is 4.98 Å². The number of benzene rings is 1. The van der Waals surface area contributed by atoms with Gasteiger partial charge in [0.15, 0.2) is 0 Å². The second-order valence-electron chi connectivity index (χ2n) is 2.64. The molecule has 0 aliphatic heterocycles. The van der Waals surface area contributed by atoms with Crippen molar-refractivity contribution in [2.75, 3.05) is 0 Å². The van der Waals surface area contributed by atoms with Gasteiger partial charge in [-0.2, -0.15) is 0 Å². The fraction of sp³-hybridized carbons (Fsp3) is 0.273. The third-order valence-corrected chi connectivity index (χ3v) is 1.93. The van der Waals surface area contributed by atoms with Crippen molar-refractivity contribution in [3.8, 4) is 0 Å². The zero-order valence-corrected chi connectivity index (χ0v) is 9.34. The van der Waals surface area contributed by atoms with E-state index >= 15 is 0 Å². The van der Waals surface area contributed by atoms with Gasteiger partial charge in [-0.05, 0) is 18.6 Å². The van der Waals surface area contributed by atoms with Crippen molar-refractivity contribution < 1.29 is 0 Å². The van der Waals surface area contributed by atoms with E-state index < -0.39 is 0 Å². The molecule has 1 heterocycles. The first-order chi connectivity index (χ1) is 6.77. The molecular weight excluding hydrogens is 196 g/mol. The van der Waals surface area contributed by atoms with Crippen LogP contribution in [0.2, 0.25) is 5.15 Å². The Kier molecular flexibility index (Phi) is 3.84. The number of fused-ring (bicyclic) bond motifs is 1. The molecule has 0 fully saturated rings. The summed E-state index contributed by atoms with van der Waals surface area (Å²) in [7, 11) is 0. The minimum absolute atomic E-state index is 0.441. The number of hydrogen-bond donors (Lipinski definition) is 0. The maximum absolute atomic E-state index is 5.72. The number of aromatic nitrogens is 2. The van der Waals surface area contributed by atoms with Crippen molar-refractivity contribution in [1.29, 1.82) is 0 Å². The molecule has 0 amide bonds. The summed E-state index contributed by atoms with van der Waals surface area (Å²) in [6, 6.07) is 5.87. The first-order valence-electron chi connectivity index (χ1n) is 4.65. The summed E-state index contributed by atoms with van der Waals surface area (Å²) < 4.78 is 0. The summed E-state index contributed by atoms with van der Waals surface area (Å²) in [5.41, 5.74) is 2.87. The fourth-order valence-corrected chi connectivity index (χ4v) is 1.28. The zero-order valence-electron chi connectivity index (χ0n) is 8.58. The molecule has 0 spiro atoms. The standard InChI is InChI=1S/C9H7ClN2.C2H6/c1-6-3-2-4-7-9(6)12-8(10)5-11-7;1-2/h2-5H,1H3;1-2H3. The molecule has 1 aromatic carbocycles. The quantitative estimate of drug-likeness (QED) is 0.661. The Hall–Kier alpha value is -1.15. The molecule has 0 radical (unpaired) electrons. The van der Waals surface area contributed by atoms with E-state index in [0.717, 1.165) is 16.6 Å². The smallest absolute Gasteiger partial charge is 0.148 e. The van der Waals surface area contributed by atoms with Crippen LogP contribution < -0.4 is 0 Å². The van der Waals surface area contributed by atoms with Crippen LogP contribution in [0.5, 0.6) is 0 Å². The molecule has 14 heavy (non-hydrogen) atoms. The lowest BCUT2D eigenvalue weighted by atomic mass is 10.2. The van der Waals surface area contributed by atoms with Gasteiger partial charge in [0.2, 0.25) is 0 Å². The zero-order chi connectivity index (χ0) is 10.6. The van der Waals surface area contributed by atoms with Gasteiger partial charge in [0.05, 0.1) is 17.2 Å². The predicted octanol–water partition coefficient (Wildman–Crippen LogP) is 3.62. The van der Waals surface area contributed by atoms with E-state index in [1.165, 1.54) is 0 Å². The molecule has 0 aliphatic rings. The molecule has 3 heteroatoms. The lowest BCUT2D eigenvalue weighted by Crippen LogP contribution is -1.86. The van der Waals surface area contributed by atoms with Crippen LogP contribution in [0, 0.1) is 6.92 Å². The van der Waals surface area contributed by atoms with Gasteiger partial charge in [-0.15, -0.1) is 0 Å². The van der Waals surface area contributed by atoms with Crippen LogP contribution in [0.15, 0.2) is 24.4 Å². The van der Waals surface area contributed by atoms with Crippen LogP contribution in [0.4, 0.5) is 0 Å². The SMILES string of the molecule is CC.Cc1cccc2ncc(Cl)nc12. The molecule has 2 nitrogen and oxygen atoms in total. The van der Waals surface area contributed by atoms with Gasteiger partial charge in [0.1, 0.15) is 5.15 Å². The van der Waals surface area contributed by atoms with Gasteiger partial charge >= 0.3 is 0 Å². The summed E-state index contributed by atoms with van der Waals surface area (Å²) in [5, 5.41) is 0.441. The topological polar surface area (TPSA) is 25.8 Å². The highest BCUT2D eigenvalue weighted by Gasteiger charge is 1.99. The van der Waals surface area contributed by atoms with E-state index in [2.05, 4.69) is 9.97 Å². The average Bonchev–Trinajstić information content (AvgIpc) is 2.22. The summed E-state index contributed by atoms with van der Waals surface area (Å²) >= 11 is 5.72. The van der Waals surface area contributed by atoms with E-state index in [0.29, 0.717) is 5.15 Å². The van der Waals surface area contributed by atoms with E-state index in [-0.39, 0.29) is 0 Å². The molecule has 0 bridgehead atoms. The van der Waals surface area contributed by atoms with Crippen LogP contribution in [0.25, 0.3) is 11.0 Å². The number of halogens is 1. The molecule has 0 aliphatic carbocycles. The second kappa shape index (κ2) is 4.91. The normalized spacial score (nSPS) is 9.43. The Morgan fingerprint density at radius 1 is 1.21 bits per heavy atom. The van der Waals surface area contributed by atoms with Crippen molar-refractivity contribution in [2.24, 2.45) is 0 Å². The number of hydrogen-bond acceptors (Lipinski definition) is 2. The van der Waals surface area contributed by atoms with Crippen LogP contribution in [-0.2, 0) is 0 Å². The van der Waals surface area contributed by atoms with Gasteiger partial charge in [0, 0.05) is 0 Å². The van der Waals surface area contributed by atoms with E-state index in [1.807, 2.05) is 39.0 Å². The second-order valence-corrected chi connectivity index (χ2v) is 3.02. The third-order valence-electron chi connectivity index (χ3n) is 1.75. The van der Waals surface area contributed by atoms with E-state index in [1.54, 1.807) is 6.20 Å². The van der Waals surface area contributed by atoms with E-state index in [4.69, 9.17) is 11.6 Å². The maximum Gasteiger partial charge on any atom is 0.148 e. The monoisotopic (exact) mass is 208 g/mol. The Morgan fingerprint density at radius 2 is 1.93 bits per heavy atom. The summed E-state index contributed by atoms with van der Waals surface area (Å²) in [5.74, 6) is 0. The first-order valence-corrected chi connectivity index (χ1v) is 5.03. The molecule has 0 unspecified atom stereocenters. The number of aryl methyl sites for hydroxylation is 1. The molecule has 1 aromatic heterocycles. The van der Waals surface area contributed by atoms with Crippen LogP contribution in [0.3, 0.4) is 0 Å². The Bertz CT molecular complexity index is 427. The van der Waals surface area contributed by atoms with E-state index in [9.17, 15) is 0 Å². The van der Waals surface area contributed by atoms with Crippen molar-refractivity contribution in [3.05, 3.63) is 35.1 Å². The van der Waals surface area contributed by atoms with Gasteiger partial charge in [0.25, 0.3) is 0 Å². The highest BCUT2D eigenvalue weighted by molar-refractivity contribution is 6.29. The molecule has 2 aromatic rings. The molecular formula is C11H13ClN2. The predicted molar refractivity (Wildman–Crippen MR) is 60.6 cm³/mol. The molecule has 0 N–H and O–H groups in total. The first kappa shape index (κ1) is 10.9. The Labute approximate surface area is 89.0 Å². The average molecular weight is 209 g/mol. The van der Waals surface area contributed by atoms with Crippen LogP contribution >= 0.6 is 11.6 Å². The summed E-state index contributed by atoms with van der Waals surface area (Å²) in [6.45, 7) is 5.99. The highest BCUT2D eigenvalue weighted by Crippen LogP contribution is 2.15.